The van der Waals surface area contributed by atoms with Crippen LogP contribution in [-0.2, 0) is 14.3 Å². The lowest BCUT2D eigenvalue weighted by atomic mass is 9.94. The Balaban J connectivity index is 1.44. The SMILES string of the molecule is CC(NC(=O)OCC1c2ccccc2-c2ccccc21)(C(=O)NC(CC(F)(F)F)C(=O)O)C1CC1. The van der Waals surface area contributed by atoms with E-state index in [0.717, 1.165) is 22.3 Å². The molecular weight excluding hydrogens is 465 g/mol. The van der Waals surface area contributed by atoms with E-state index in [1.165, 1.54) is 6.92 Å². The number of rotatable bonds is 8. The fourth-order valence-corrected chi connectivity index (χ4v) is 4.59. The number of aliphatic carboxylic acids is 1. The van der Waals surface area contributed by atoms with Gasteiger partial charge in [0.05, 0.1) is 6.42 Å². The number of hydrogen-bond donors (Lipinski definition) is 3. The van der Waals surface area contributed by atoms with E-state index < -0.39 is 42.1 Å². The molecule has 2 aromatic carbocycles. The molecule has 7 nitrogen and oxygen atoms in total. The van der Waals surface area contributed by atoms with Crippen LogP contribution in [0.2, 0.25) is 0 Å². The molecule has 0 radical (unpaired) electrons. The average molecular weight is 490 g/mol. The molecule has 4 rings (SSSR count). The Morgan fingerprint density at radius 1 is 1.03 bits per heavy atom. The lowest BCUT2D eigenvalue weighted by molar-refractivity contribution is -0.160. The number of nitrogens with one attached hydrogen (secondary N) is 2. The van der Waals surface area contributed by atoms with Gasteiger partial charge in [0.25, 0.3) is 0 Å². The Hall–Kier alpha value is -3.56. The van der Waals surface area contributed by atoms with E-state index in [0.29, 0.717) is 12.8 Å². The van der Waals surface area contributed by atoms with Gasteiger partial charge in [0.1, 0.15) is 18.2 Å². The number of fused-ring (bicyclic) bond motifs is 3. The fourth-order valence-electron chi connectivity index (χ4n) is 4.59. The zero-order valence-corrected chi connectivity index (χ0v) is 18.9. The summed E-state index contributed by atoms with van der Waals surface area (Å²) in [5, 5.41) is 13.5. The number of carboxylic acid groups (broad SMARTS) is 1. The molecule has 0 heterocycles. The first-order valence-electron chi connectivity index (χ1n) is 11.2. The molecule has 1 saturated carbocycles. The summed E-state index contributed by atoms with van der Waals surface area (Å²) in [5.41, 5.74) is 2.48. The number of alkyl carbamates (subject to hydrolysis) is 1. The molecule has 10 heteroatoms. The van der Waals surface area contributed by atoms with Gasteiger partial charge >= 0.3 is 18.2 Å². The van der Waals surface area contributed by atoms with Crippen molar-refractivity contribution in [2.45, 2.75) is 49.9 Å². The van der Waals surface area contributed by atoms with Crippen molar-refractivity contribution in [3.63, 3.8) is 0 Å². The summed E-state index contributed by atoms with van der Waals surface area (Å²) in [6, 6.07) is 13.4. The van der Waals surface area contributed by atoms with Crippen LogP contribution in [0, 0.1) is 5.92 Å². The minimum absolute atomic E-state index is 0.00590. The monoisotopic (exact) mass is 490 g/mol. The zero-order chi connectivity index (χ0) is 25.4. The second-order valence-electron chi connectivity index (χ2n) is 9.11. The van der Waals surface area contributed by atoms with Crippen LogP contribution < -0.4 is 10.6 Å². The first kappa shape index (κ1) is 24.6. The number of carboxylic acids is 1. The Morgan fingerprint density at radius 2 is 1.57 bits per heavy atom. The first-order valence-corrected chi connectivity index (χ1v) is 11.2. The van der Waals surface area contributed by atoms with Crippen molar-refractivity contribution in [2.24, 2.45) is 5.92 Å². The molecule has 3 N–H and O–H groups in total. The summed E-state index contributed by atoms with van der Waals surface area (Å²) in [6.07, 6.45) is -6.29. The molecule has 2 aliphatic rings. The Morgan fingerprint density at radius 3 is 2.06 bits per heavy atom. The van der Waals surface area contributed by atoms with Crippen molar-refractivity contribution in [1.82, 2.24) is 10.6 Å². The number of carbonyl (C=O) groups is 3. The molecule has 0 aliphatic heterocycles. The highest BCUT2D eigenvalue weighted by Crippen LogP contribution is 2.44. The fraction of sp³-hybridized carbons (Fsp3) is 0.400. The molecule has 0 spiro atoms. The molecule has 2 aliphatic carbocycles. The minimum Gasteiger partial charge on any atom is -0.480 e. The number of benzene rings is 2. The maximum Gasteiger partial charge on any atom is 0.408 e. The van der Waals surface area contributed by atoms with E-state index >= 15 is 0 Å². The molecule has 1 fully saturated rings. The predicted octanol–water partition coefficient (Wildman–Crippen LogP) is 4.22. The molecular formula is C25H25F3N2O5. The van der Waals surface area contributed by atoms with Gasteiger partial charge in [0.2, 0.25) is 5.91 Å². The van der Waals surface area contributed by atoms with E-state index in [-0.39, 0.29) is 18.4 Å². The smallest absolute Gasteiger partial charge is 0.408 e. The van der Waals surface area contributed by atoms with Crippen molar-refractivity contribution >= 4 is 18.0 Å². The van der Waals surface area contributed by atoms with Crippen LogP contribution >= 0.6 is 0 Å². The van der Waals surface area contributed by atoms with Gasteiger partial charge in [-0.15, -0.1) is 0 Å². The number of carbonyl (C=O) groups excluding carboxylic acids is 2. The van der Waals surface area contributed by atoms with Crippen LogP contribution in [0.3, 0.4) is 0 Å². The van der Waals surface area contributed by atoms with Crippen LogP contribution in [0.4, 0.5) is 18.0 Å². The Kier molecular flexibility index (Phi) is 6.48. The van der Waals surface area contributed by atoms with Gasteiger partial charge in [-0.1, -0.05) is 48.5 Å². The summed E-state index contributed by atoms with van der Waals surface area (Å²) >= 11 is 0. The van der Waals surface area contributed by atoms with E-state index in [1.807, 2.05) is 53.8 Å². The van der Waals surface area contributed by atoms with Gasteiger partial charge in [-0.05, 0) is 47.9 Å². The van der Waals surface area contributed by atoms with E-state index in [4.69, 9.17) is 9.84 Å². The molecule has 35 heavy (non-hydrogen) atoms. The quantitative estimate of drug-likeness (QED) is 0.514. The van der Waals surface area contributed by atoms with Crippen LogP contribution in [0.1, 0.15) is 43.2 Å². The largest absolute Gasteiger partial charge is 0.480 e. The number of hydrogen-bond acceptors (Lipinski definition) is 4. The Bertz CT molecular complexity index is 1100. The minimum atomic E-state index is -4.79. The van der Waals surface area contributed by atoms with Crippen molar-refractivity contribution in [1.29, 1.82) is 0 Å². The summed E-state index contributed by atoms with van der Waals surface area (Å²) in [7, 11) is 0. The summed E-state index contributed by atoms with van der Waals surface area (Å²) in [6.45, 7) is 1.36. The van der Waals surface area contributed by atoms with Gasteiger partial charge in [0, 0.05) is 5.92 Å². The molecule has 0 saturated heterocycles. The number of halogens is 3. The second kappa shape index (κ2) is 9.24. The second-order valence-corrected chi connectivity index (χ2v) is 9.11. The molecule has 2 unspecified atom stereocenters. The molecule has 2 amide bonds. The van der Waals surface area contributed by atoms with Gasteiger partial charge in [0.15, 0.2) is 0 Å². The Labute approximate surface area is 199 Å². The highest BCUT2D eigenvalue weighted by Gasteiger charge is 2.50. The van der Waals surface area contributed by atoms with Gasteiger partial charge < -0.3 is 20.5 Å². The number of amides is 2. The van der Waals surface area contributed by atoms with Gasteiger partial charge in [-0.25, -0.2) is 9.59 Å². The highest BCUT2D eigenvalue weighted by molar-refractivity contribution is 5.93. The van der Waals surface area contributed by atoms with Gasteiger partial charge in [-0.3, -0.25) is 4.79 Å². The summed E-state index contributed by atoms with van der Waals surface area (Å²) in [5.74, 6) is -3.36. The standard InChI is InChI=1S/C25H25F3N2O5/c1-24(14-10-11-14,22(33)29-20(21(31)32)12-25(26,27)28)30-23(34)35-13-19-17-8-4-2-6-15(17)16-7-3-5-9-18(16)19/h2-9,14,19-20H,10-13H2,1H3,(H,29,33)(H,30,34)(H,31,32). The third-order valence-electron chi connectivity index (χ3n) is 6.61. The molecule has 0 bridgehead atoms. The third-order valence-corrected chi connectivity index (χ3v) is 6.61. The molecule has 2 atom stereocenters. The van der Waals surface area contributed by atoms with Crippen LogP contribution in [0.5, 0.6) is 0 Å². The van der Waals surface area contributed by atoms with E-state index in [9.17, 15) is 27.6 Å². The van der Waals surface area contributed by atoms with Crippen molar-refractivity contribution in [3.8, 4) is 11.1 Å². The normalized spacial score (nSPS) is 17.5. The van der Waals surface area contributed by atoms with Crippen molar-refractivity contribution in [2.75, 3.05) is 6.61 Å². The number of ether oxygens (including phenoxy) is 1. The molecule has 0 aromatic heterocycles. The highest BCUT2D eigenvalue weighted by atomic mass is 19.4. The molecule has 186 valence electrons. The maximum atomic E-state index is 12.9. The van der Waals surface area contributed by atoms with Crippen LogP contribution in [0.15, 0.2) is 48.5 Å². The summed E-state index contributed by atoms with van der Waals surface area (Å²) < 4.78 is 43.7. The van der Waals surface area contributed by atoms with Crippen LogP contribution in [-0.4, -0.2) is 47.4 Å². The topological polar surface area (TPSA) is 105 Å². The summed E-state index contributed by atoms with van der Waals surface area (Å²) in [4.78, 5) is 36.8. The lowest BCUT2D eigenvalue weighted by Gasteiger charge is -2.31. The first-order chi connectivity index (χ1) is 16.5. The maximum absolute atomic E-state index is 12.9. The van der Waals surface area contributed by atoms with E-state index in [2.05, 4.69) is 5.32 Å². The van der Waals surface area contributed by atoms with Crippen molar-refractivity contribution < 1.29 is 37.4 Å². The van der Waals surface area contributed by atoms with Crippen molar-refractivity contribution in [3.05, 3.63) is 59.7 Å². The van der Waals surface area contributed by atoms with E-state index in [1.54, 1.807) is 0 Å². The predicted molar refractivity (Wildman–Crippen MR) is 120 cm³/mol. The average Bonchev–Trinajstić information content (AvgIpc) is 3.60. The lowest BCUT2D eigenvalue weighted by Crippen LogP contribution is -2.61. The van der Waals surface area contributed by atoms with Gasteiger partial charge in [-0.2, -0.15) is 13.2 Å². The molecule has 2 aromatic rings. The zero-order valence-electron chi connectivity index (χ0n) is 18.9. The third kappa shape index (κ3) is 5.26. The van der Waals surface area contributed by atoms with Crippen LogP contribution in [0.25, 0.3) is 11.1 Å². The number of alkyl halides is 3.